The third kappa shape index (κ3) is 3.32. The predicted octanol–water partition coefficient (Wildman–Crippen LogP) is 1.73. The average molecular weight is 333 g/mol. The van der Waals surface area contributed by atoms with Gasteiger partial charge in [-0.15, -0.1) is 0 Å². The zero-order valence-corrected chi connectivity index (χ0v) is 12.6. The van der Waals surface area contributed by atoms with Crippen molar-refractivity contribution in [3.05, 3.63) is 28.7 Å². The molecule has 0 radical (unpaired) electrons. The lowest BCUT2D eigenvalue weighted by Crippen LogP contribution is -2.34. The van der Waals surface area contributed by atoms with Gasteiger partial charge in [-0.05, 0) is 49.6 Å². The Labute approximate surface area is 116 Å². The molecule has 0 unspecified atom stereocenters. The minimum absolute atomic E-state index is 0.122. The summed E-state index contributed by atoms with van der Waals surface area (Å²) >= 11 is 3.29. The third-order valence-corrected chi connectivity index (χ3v) is 5.22. The van der Waals surface area contributed by atoms with Crippen LogP contribution in [0.3, 0.4) is 0 Å². The quantitative estimate of drug-likeness (QED) is 0.834. The molecule has 1 aromatic carbocycles. The second-order valence-electron chi connectivity index (χ2n) is 4.81. The van der Waals surface area contributed by atoms with E-state index in [9.17, 15) is 8.42 Å². The summed E-state index contributed by atoms with van der Waals surface area (Å²) in [6, 6.07) is 6.66. The van der Waals surface area contributed by atoms with Crippen LogP contribution in [0.2, 0.25) is 0 Å². The Morgan fingerprint density at radius 1 is 1.22 bits per heavy atom. The van der Waals surface area contributed by atoms with Crippen molar-refractivity contribution in [2.24, 2.45) is 5.41 Å². The van der Waals surface area contributed by atoms with Gasteiger partial charge in [0.25, 0.3) is 0 Å². The summed E-state index contributed by atoms with van der Waals surface area (Å²) in [6.07, 6.45) is 2.16. The predicted molar refractivity (Wildman–Crippen MR) is 74.9 cm³/mol. The van der Waals surface area contributed by atoms with Gasteiger partial charge in [0.2, 0.25) is 10.0 Å². The monoisotopic (exact) mass is 332 g/mol. The first-order valence-electron chi connectivity index (χ1n) is 5.87. The molecule has 2 N–H and O–H groups in total. The highest BCUT2D eigenvalue weighted by Crippen LogP contribution is 2.44. The molecule has 18 heavy (non-hydrogen) atoms. The Kier molecular flexibility index (Phi) is 4.11. The SMILES string of the molecule is CNCC1(CNS(=O)(=O)c2ccc(Br)cc2)CC1. The highest BCUT2D eigenvalue weighted by atomic mass is 79.9. The van der Waals surface area contributed by atoms with Crippen molar-refractivity contribution in [2.75, 3.05) is 20.1 Å². The summed E-state index contributed by atoms with van der Waals surface area (Å²) in [5, 5.41) is 3.11. The molecule has 1 saturated carbocycles. The lowest BCUT2D eigenvalue weighted by atomic mass is 10.1. The molecule has 0 aliphatic heterocycles. The summed E-state index contributed by atoms with van der Waals surface area (Å²) in [6.45, 7) is 1.36. The van der Waals surface area contributed by atoms with Crippen LogP contribution in [0, 0.1) is 5.41 Å². The molecule has 0 amide bonds. The van der Waals surface area contributed by atoms with E-state index in [0.717, 1.165) is 23.9 Å². The summed E-state index contributed by atoms with van der Waals surface area (Å²) in [5.41, 5.74) is 0.122. The molecule has 0 bridgehead atoms. The van der Waals surface area contributed by atoms with Crippen LogP contribution in [-0.4, -0.2) is 28.6 Å². The molecule has 1 aliphatic carbocycles. The fourth-order valence-electron chi connectivity index (χ4n) is 1.91. The van der Waals surface area contributed by atoms with Crippen molar-refractivity contribution in [3.8, 4) is 0 Å². The summed E-state index contributed by atoms with van der Waals surface area (Å²) in [4.78, 5) is 0.311. The summed E-state index contributed by atoms with van der Waals surface area (Å²) < 4.78 is 27.7. The van der Waals surface area contributed by atoms with Crippen LogP contribution in [-0.2, 0) is 10.0 Å². The molecule has 2 rings (SSSR count). The van der Waals surface area contributed by atoms with Crippen molar-refractivity contribution in [3.63, 3.8) is 0 Å². The molecular weight excluding hydrogens is 316 g/mol. The fraction of sp³-hybridized carbons (Fsp3) is 0.500. The molecule has 0 atom stereocenters. The summed E-state index contributed by atoms with van der Waals surface area (Å²) in [5.74, 6) is 0. The van der Waals surface area contributed by atoms with Gasteiger partial charge in [0.05, 0.1) is 4.90 Å². The molecule has 100 valence electrons. The van der Waals surface area contributed by atoms with Gasteiger partial charge in [-0.3, -0.25) is 0 Å². The Balaban J connectivity index is 2.02. The van der Waals surface area contributed by atoms with E-state index in [1.54, 1.807) is 24.3 Å². The van der Waals surface area contributed by atoms with E-state index in [1.807, 2.05) is 7.05 Å². The van der Waals surface area contributed by atoms with E-state index < -0.39 is 10.0 Å². The largest absolute Gasteiger partial charge is 0.319 e. The lowest BCUT2D eigenvalue weighted by molar-refractivity contribution is 0.468. The van der Waals surface area contributed by atoms with Crippen molar-refractivity contribution >= 4 is 26.0 Å². The second-order valence-corrected chi connectivity index (χ2v) is 7.49. The van der Waals surface area contributed by atoms with Crippen LogP contribution in [0.4, 0.5) is 0 Å². The third-order valence-electron chi connectivity index (χ3n) is 3.27. The smallest absolute Gasteiger partial charge is 0.240 e. The van der Waals surface area contributed by atoms with E-state index in [2.05, 4.69) is 26.0 Å². The van der Waals surface area contributed by atoms with Gasteiger partial charge < -0.3 is 5.32 Å². The van der Waals surface area contributed by atoms with Crippen molar-refractivity contribution < 1.29 is 8.42 Å². The first-order chi connectivity index (χ1) is 8.47. The molecule has 0 heterocycles. The Morgan fingerprint density at radius 2 is 1.83 bits per heavy atom. The average Bonchev–Trinajstić information content (AvgIpc) is 3.08. The highest BCUT2D eigenvalue weighted by Gasteiger charge is 2.42. The van der Waals surface area contributed by atoms with E-state index in [4.69, 9.17) is 0 Å². The Bertz CT molecular complexity index is 509. The van der Waals surface area contributed by atoms with Gasteiger partial charge in [-0.1, -0.05) is 15.9 Å². The molecule has 0 aromatic heterocycles. The molecule has 4 nitrogen and oxygen atoms in total. The molecule has 1 aliphatic rings. The van der Waals surface area contributed by atoms with Crippen LogP contribution in [0.5, 0.6) is 0 Å². The Morgan fingerprint density at radius 3 is 2.33 bits per heavy atom. The van der Waals surface area contributed by atoms with Crippen LogP contribution in [0.25, 0.3) is 0 Å². The van der Waals surface area contributed by atoms with Crippen LogP contribution < -0.4 is 10.0 Å². The van der Waals surface area contributed by atoms with E-state index in [0.29, 0.717) is 11.4 Å². The lowest BCUT2D eigenvalue weighted by Gasteiger charge is -2.15. The number of benzene rings is 1. The van der Waals surface area contributed by atoms with E-state index in [-0.39, 0.29) is 5.41 Å². The maximum atomic E-state index is 12.1. The van der Waals surface area contributed by atoms with Gasteiger partial charge in [0.15, 0.2) is 0 Å². The Hall–Kier alpha value is -0.430. The maximum Gasteiger partial charge on any atom is 0.240 e. The minimum atomic E-state index is -3.39. The molecule has 1 fully saturated rings. The van der Waals surface area contributed by atoms with Crippen LogP contribution in [0.1, 0.15) is 12.8 Å². The fourth-order valence-corrected chi connectivity index (χ4v) is 3.33. The van der Waals surface area contributed by atoms with Crippen molar-refractivity contribution in [1.82, 2.24) is 10.0 Å². The number of sulfonamides is 1. The summed E-state index contributed by atoms with van der Waals surface area (Å²) in [7, 11) is -1.49. The number of rotatable bonds is 6. The number of hydrogen-bond acceptors (Lipinski definition) is 3. The zero-order valence-electron chi connectivity index (χ0n) is 10.2. The first kappa shape index (κ1) is 14.0. The number of nitrogens with one attached hydrogen (secondary N) is 2. The normalized spacial score (nSPS) is 17.7. The zero-order chi connectivity index (χ0) is 13.2. The van der Waals surface area contributed by atoms with Crippen LogP contribution in [0.15, 0.2) is 33.6 Å². The van der Waals surface area contributed by atoms with E-state index in [1.165, 1.54) is 0 Å². The first-order valence-corrected chi connectivity index (χ1v) is 8.15. The molecule has 0 spiro atoms. The van der Waals surface area contributed by atoms with Gasteiger partial charge in [-0.2, -0.15) is 0 Å². The van der Waals surface area contributed by atoms with Crippen molar-refractivity contribution in [2.45, 2.75) is 17.7 Å². The highest BCUT2D eigenvalue weighted by molar-refractivity contribution is 9.10. The molecular formula is C12H17BrN2O2S. The minimum Gasteiger partial charge on any atom is -0.319 e. The second kappa shape index (κ2) is 5.28. The maximum absolute atomic E-state index is 12.1. The number of halogens is 1. The van der Waals surface area contributed by atoms with Crippen molar-refractivity contribution in [1.29, 1.82) is 0 Å². The van der Waals surface area contributed by atoms with Gasteiger partial charge in [0, 0.05) is 17.6 Å². The molecule has 0 saturated heterocycles. The van der Waals surface area contributed by atoms with E-state index >= 15 is 0 Å². The standard InChI is InChI=1S/C12H17BrN2O2S/c1-14-8-12(6-7-12)9-15-18(16,17)11-4-2-10(13)3-5-11/h2-5,14-15H,6-9H2,1H3. The van der Waals surface area contributed by atoms with Crippen LogP contribution >= 0.6 is 15.9 Å². The van der Waals surface area contributed by atoms with Gasteiger partial charge >= 0.3 is 0 Å². The topological polar surface area (TPSA) is 58.2 Å². The molecule has 1 aromatic rings. The number of hydrogen-bond donors (Lipinski definition) is 2. The van der Waals surface area contributed by atoms with Gasteiger partial charge in [-0.25, -0.2) is 13.1 Å². The van der Waals surface area contributed by atoms with Gasteiger partial charge in [0.1, 0.15) is 0 Å². The molecule has 6 heteroatoms.